The van der Waals surface area contributed by atoms with E-state index in [0.717, 1.165) is 55.4 Å². The first-order valence-corrected chi connectivity index (χ1v) is 13.4. The quantitative estimate of drug-likeness (QED) is 0.125. The van der Waals surface area contributed by atoms with Crippen LogP contribution in [-0.4, -0.2) is 23.6 Å². The van der Waals surface area contributed by atoms with Gasteiger partial charge in [0.15, 0.2) is 5.84 Å². The number of rotatable bonds is 8. The van der Waals surface area contributed by atoms with Gasteiger partial charge in [-0.1, -0.05) is 38.1 Å². The number of fused-ring (bicyclic) bond motifs is 1. The van der Waals surface area contributed by atoms with E-state index >= 15 is 0 Å². The van der Waals surface area contributed by atoms with Crippen molar-refractivity contribution in [2.45, 2.75) is 27.2 Å². The number of aryl methyl sites for hydroxylation is 1. The lowest BCUT2D eigenvalue weighted by Crippen LogP contribution is -2.20. The third-order valence-corrected chi connectivity index (χ3v) is 6.66. The Morgan fingerprint density at radius 3 is 2.44 bits per heavy atom. The number of nitrogens with one attached hydrogen (secondary N) is 1. The Morgan fingerprint density at radius 2 is 1.72 bits per heavy atom. The maximum atomic E-state index is 5.81. The number of aromatic nitrogens is 1. The molecule has 5 nitrogen and oxygen atoms in total. The van der Waals surface area contributed by atoms with Gasteiger partial charge < -0.3 is 4.74 Å². The predicted octanol–water partition coefficient (Wildman–Crippen LogP) is 8.20. The molecule has 4 rings (SSSR count). The van der Waals surface area contributed by atoms with Crippen molar-refractivity contribution >= 4 is 60.5 Å². The average molecular weight is 608 g/mol. The Bertz CT molecular complexity index is 1380. The van der Waals surface area contributed by atoms with Crippen LogP contribution in [0.2, 0.25) is 0 Å². The van der Waals surface area contributed by atoms with Crippen molar-refractivity contribution in [2.24, 2.45) is 16.0 Å². The van der Waals surface area contributed by atoms with E-state index in [1.54, 1.807) is 6.21 Å². The average Bonchev–Trinajstić information content (AvgIpc) is 2.85. The van der Waals surface area contributed by atoms with Gasteiger partial charge in [-0.3, -0.25) is 5.43 Å². The van der Waals surface area contributed by atoms with Gasteiger partial charge in [-0.2, -0.15) is 5.10 Å². The number of hydrazone groups is 1. The number of nitrogens with zero attached hydrogens (tertiary/aromatic N) is 3. The van der Waals surface area contributed by atoms with Crippen LogP contribution in [-0.2, 0) is 0 Å². The van der Waals surface area contributed by atoms with E-state index in [1.165, 1.54) is 0 Å². The van der Waals surface area contributed by atoms with Crippen LogP contribution in [0.25, 0.3) is 10.9 Å². The molecule has 0 radical (unpaired) electrons. The molecule has 0 aliphatic carbocycles. The lowest BCUT2D eigenvalue weighted by molar-refractivity contribution is 0.289. The minimum atomic E-state index is 0.538. The van der Waals surface area contributed by atoms with E-state index in [-0.39, 0.29) is 0 Å². The van der Waals surface area contributed by atoms with Gasteiger partial charge in [0.05, 0.1) is 24.0 Å². The lowest BCUT2D eigenvalue weighted by atomic mass is 10.1. The Morgan fingerprint density at radius 1 is 1.00 bits per heavy atom. The Labute approximate surface area is 229 Å². The van der Waals surface area contributed by atoms with Gasteiger partial charge in [-0.15, -0.1) is 0 Å². The molecule has 0 unspecified atom stereocenters. The zero-order chi connectivity index (χ0) is 25.5. The molecule has 1 N–H and O–H groups in total. The van der Waals surface area contributed by atoms with Crippen LogP contribution in [0.3, 0.4) is 0 Å². The first kappa shape index (κ1) is 26.0. The van der Waals surface area contributed by atoms with Crippen LogP contribution in [0.5, 0.6) is 5.75 Å². The van der Waals surface area contributed by atoms with Gasteiger partial charge in [0.25, 0.3) is 0 Å². The second kappa shape index (κ2) is 12.3. The summed E-state index contributed by atoms with van der Waals surface area (Å²) in [4.78, 5) is 9.70. The van der Waals surface area contributed by atoms with E-state index in [4.69, 9.17) is 14.7 Å². The molecule has 0 saturated heterocycles. The molecule has 0 spiro atoms. The number of para-hydroxylation sites is 1. The summed E-state index contributed by atoms with van der Waals surface area (Å²) in [6.45, 7) is 7.14. The molecule has 0 fully saturated rings. The van der Waals surface area contributed by atoms with Crippen LogP contribution in [0.1, 0.15) is 37.1 Å². The fourth-order valence-electron chi connectivity index (χ4n) is 3.48. The van der Waals surface area contributed by atoms with Gasteiger partial charge in [0.1, 0.15) is 11.4 Å². The second-order valence-corrected chi connectivity index (χ2v) is 10.6. The molecule has 184 valence electrons. The number of amidine groups is 1. The number of hydrogen-bond acceptors (Lipinski definition) is 4. The molecule has 0 aliphatic heterocycles. The van der Waals surface area contributed by atoms with Gasteiger partial charge in [0, 0.05) is 14.3 Å². The van der Waals surface area contributed by atoms with Crippen LogP contribution in [0.15, 0.2) is 91.8 Å². The highest BCUT2D eigenvalue weighted by atomic mass is 79.9. The van der Waals surface area contributed by atoms with Crippen molar-refractivity contribution < 1.29 is 4.74 Å². The molecule has 4 aromatic rings. The lowest BCUT2D eigenvalue weighted by Gasteiger charge is -2.10. The molecular formula is C29H28Br2N4O. The number of ether oxygens (including phenoxy) is 1. The van der Waals surface area contributed by atoms with E-state index < -0.39 is 0 Å². The van der Waals surface area contributed by atoms with Crippen molar-refractivity contribution in [2.75, 3.05) is 6.61 Å². The fourth-order valence-corrected chi connectivity index (χ4v) is 5.07. The molecule has 0 amide bonds. The molecule has 0 bridgehead atoms. The third-order valence-electron chi connectivity index (χ3n) is 5.45. The maximum Gasteiger partial charge on any atom is 0.173 e. The van der Waals surface area contributed by atoms with E-state index in [9.17, 15) is 0 Å². The van der Waals surface area contributed by atoms with E-state index in [0.29, 0.717) is 17.4 Å². The SMILES string of the molecule is Cc1cc(Br)c(N=C(N/N=C/c2ccc(OCCC(C)C)cc2)c2ccc3ccccc3n2)c(Br)c1. The Kier molecular flexibility index (Phi) is 8.88. The van der Waals surface area contributed by atoms with Gasteiger partial charge >= 0.3 is 0 Å². The molecule has 1 heterocycles. The molecule has 36 heavy (non-hydrogen) atoms. The van der Waals surface area contributed by atoms with Crippen LogP contribution in [0, 0.1) is 12.8 Å². The fraction of sp³-hybridized carbons (Fsp3) is 0.207. The first-order chi connectivity index (χ1) is 17.4. The van der Waals surface area contributed by atoms with Gasteiger partial charge in [-0.25, -0.2) is 9.98 Å². The highest BCUT2D eigenvalue weighted by molar-refractivity contribution is 9.11. The minimum absolute atomic E-state index is 0.538. The van der Waals surface area contributed by atoms with Crippen molar-refractivity contribution in [3.8, 4) is 5.75 Å². The third kappa shape index (κ3) is 7.02. The number of benzene rings is 3. The Balaban J connectivity index is 1.59. The monoisotopic (exact) mass is 606 g/mol. The van der Waals surface area contributed by atoms with Crippen molar-refractivity contribution in [3.05, 3.63) is 98.6 Å². The molecule has 0 aliphatic rings. The summed E-state index contributed by atoms with van der Waals surface area (Å²) in [6, 6.07) is 23.9. The largest absolute Gasteiger partial charge is 0.494 e. The zero-order valence-electron chi connectivity index (χ0n) is 20.5. The predicted molar refractivity (Wildman–Crippen MR) is 157 cm³/mol. The van der Waals surface area contributed by atoms with E-state index in [1.807, 2.05) is 79.7 Å². The smallest absolute Gasteiger partial charge is 0.173 e. The van der Waals surface area contributed by atoms with Crippen molar-refractivity contribution in [3.63, 3.8) is 0 Å². The van der Waals surface area contributed by atoms with Crippen molar-refractivity contribution in [1.29, 1.82) is 0 Å². The van der Waals surface area contributed by atoms with Crippen LogP contribution >= 0.6 is 31.9 Å². The number of halogens is 2. The molecule has 7 heteroatoms. The number of aliphatic imine (C=N–C) groups is 1. The van der Waals surface area contributed by atoms with Crippen molar-refractivity contribution in [1.82, 2.24) is 10.4 Å². The molecular weight excluding hydrogens is 580 g/mol. The maximum absolute atomic E-state index is 5.81. The summed E-state index contributed by atoms with van der Waals surface area (Å²) in [5.74, 6) is 2.02. The number of pyridine rings is 1. The first-order valence-electron chi connectivity index (χ1n) is 11.8. The standard InChI is InChI=1S/C29H28Br2N4O/c1-19(2)14-15-36-23-11-8-21(9-12-23)18-32-35-29(34-28-24(30)16-20(3)17-25(28)31)27-13-10-22-6-4-5-7-26(22)33-27/h4-13,16-19H,14-15H2,1-3H3,(H,34,35)/b32-18+. The molecule has 0 saturated carbocycles. The molecule has 0 atom stereocenters. The van der Waals surface area contributed by atoms with Crippen LogP contribution in [0.4, 0.5) is 5.69 Å². The highest BCUT2D eigenvalue weighted by Gasteiger charge is 2.11. The minimum Gasteiger partial charge on any atom is -0.494 e. The molecule has 1 aromatic heterocycles. The summed E-state index contributed by atoms with van der Waals surface area (Å²) in [7, 11) is 0. The summed E-state index contributed by atoms with van der Waals surface area (Å²) in [6.07, 6.45) is 2.79. The Hall–Kier alpha value is -3.03. The second-order valence-electron chi connectivity index (χ2n) is 8.90. The topological polar surface area (TPSA) is 58.9 Å². The highest BCUT2D eigenvalue weighted by Crippen LogP contribution is 2.35. The summed E-state index contributed by atoms with van der Waals surface area (Å²) < 4.78 is 7.57. The summed E-state index contributed by atoms with van der Waals surface area (Å²) in [5, 5.41) is 5.54. The van der Waals surface area contributed by atoms with Gasteiger partial charge in [0.2, 0.25) is 0 Å². The summed E-state index contributed by atoms with van der Waals surface area (Å²) >= 11 is 7.28. The van der Waals surface area contributed by atoms with E-state index in [2.05, 4.69) is 56.2 Å². The van der Waals surface area contributed by atoms with Gasteiger partial charge in [-0.05, 0) is 111 Å². The molecule has 3 aromatic carbocycles. The summed E-state index contributed by atoms with van der Waals surface area (Å²) in [5.41, 5.74) is 7.53. The number of hydrogen-bond donors (Lipinski definition) is 1. The zero-order valence-corrected chi connectivity index (χ0v) is 23.7. The van der Waals surface area contributed by atoms with Crippen LogP contribution < -0.4 is 10.2 Å². The normalized spacial score (nSPS) is 12.0.